The molecule has 0 aliphatic carbocycles. The van der Waals surface area contributed by atoms with Gasteiger partial charge in [-0.2, -0.15) is 0 Å². The molecule has 0 saturated carbocycles. The molecule has 0 spiro atoms. The Bertz CT molecular complexity index is 757. The lowest BCUT2D eigenvalue weighted by Crippen LogP contribution is -2.40. The van der Waals surface area contributed by atoms with Crippen LogP contribution in [0, 0.1) is 0 Å². The van der Waals surface area contributed by atoms with Gasteiger partial charge in [0.25, 0.3) is 0 Å². The summed E-state index contributed by atoms with van der Waals surface area (Å²) in [4.78, 5) is 36.0. The smallest absolute Gasteiger partial charge is 0.326 e. The number of hydrogen-bond donors (Lipinski definition) is 3. The number of hydrogen-bond acceptors (Lipinski definition) is 5. The number of nitrogens with one attached hydrogen (secondary N) is 1. The predicted octanol–water partition coefficient (Wildman–Crippen LogP) is 10.7. The normalized spacial score (nSPS) is 12.7. The highest BCUT2D eigenvalue weighted by atomic mass is 16.5. The average molecular weight is 665 g/mol. The number of nitrogens with two attached hydrogens (primary N) is 1. The van der Waals surface area contributed by atoms with Gasteiger partial charge in [-0.05, 0) is 57.6 Å². The molecule has 0 aromatic carbocycles. The largest absolute Gasteiger partial charge is 0.480 e. The first-order valence-electron chi connectivity index (χ1n) is 20.0. The molecule has 276 valence electrons. The van der Waals surface area contributed by atoms with E-state index >= 15 is 0 Å². The number of carbonyl (C=O) groups is 3. The van der Waals surface area contributed by atoms with Gasteiger partial charge < -0.3 is 20.9 Å². The number of rotatable bonds is 36. The third-order valence-electron chi connectivity index (χ3n) is 9.05. The van der Waals surface area contributed by atoms with E-state index < -0.39 is 12.0 Å². The third kappa shape index (κ3) is 32.4. The van der Waals surface area contributed by atoms with Crippen LogP contribution in [0.15, 0.2) is 12.2 Å². The van der Waals surface area contributed by atoms with E-state index in [0.29, 0.717) is 38.6 Å². The van der Waals surface area contributed by atoms with E-state index in [1.165, 1.54) is 109 Å². The molecule has 0 aromatic rings. The third-order valence-corrected chi connectivity index (χ3v) is 9.05. The quantitative estimate of drug-likeness (QED) is 0.0348. The van der Waals surface area contributed by atoms with Gasteiger partial charge in [0, 0.05) is 12.8 Å². The fraction of sp³-hybridized carbons (Fsp3) is 0.875. The van der Waals surface area contributed by atoms with Gasteiger partial charge in [-0.1, -0.05) is 155 Å². The summed E-state index contributed by atoms with van der Waals surface area (Å²) in [6, 6.07) is -0.866. The second-order valence-electron chi connectivity index (χ2n) is 13.7. The Morgan fingerprint density at radius 2 is 1.09 bits per heavy atom. The van der Waals surface area contributed by atoms with Crippen LogP contribution in [-0.4, -0.2) is 41.6 Å². The molecule has 0 aromatic heterocycles. The monoisotopic (exact) mass is 665 g/mol. The predicted molar refractivity (Wildman–Crippen MR) is 197 cm³/mol. The Morgan fingerprint density at radius 1 is 0.617 bits per heavy atom. The molecule has 0 bridgehead atoms. The molecule has 0 rings (SSSR count). The summed E-state index contributed by atoms with van der Waals surface area (Å²) in [5, 5.41) is 11.9. The molecule has 2 unspecified atom stereocenters. The number of unbranched alkanes of at least 4 members (excludes halogenated alkanes) is 22. The SMILES string of the molecule is CCC/C=C\C(CCCCCCC(=O)NC(CCCN)C(=O)O)OC(=O)CCCCCCCCCCCCCCCCCCCCC. The summed E-state index contributed by atoms with van der Waals surface area (Å²) < 4.78 is 5.82. The number of esters is 1. The van der Waals surface area contributed by atoms with Crippen LogP contribution >= 0.6 is 0 Å². The molecule has 1 amide bonds. The summed E-state index contributed by atoms with van der Waals surface area (Å²) in [5.74, 6) is -1.33. The second kappa shape index (κ2) is 35.4. The van der Waals surface area contributed by atoms with Crippen LogP contribution in [-0.2, 0) is 19.1 Å². The van der Waals surface area contributed by atoms with Gasteiger partial charge in [-0.3, -0.25) is 9.59 Å². The lowest BCUT2D eigenvalue weighted by atomic mass is 10.0. The van der Waals surface area contributed by atoms with Crippen molar-refractivity contribution in [3.8, 4) is 0 Å². The van der Waals surface area contributed by atoms with Crippen molar-refractivity contribution in [1.82, 2.24) is 5.32 Å². The number of carbonyl (C=O) groups excluding carboxylic acids is 2. The van der Waals surface area contributed by atoms with E-state index in [-0.39, 0.29) is 18.0 Å². The minimum atomic E-state index is -1.01. The summed E-state index contributed by atoms with van der Waals surface area (Å²) in [7, 11) is 0. The number of carboxylic acids is 1. The molecule has 0 fully saturated rings. The molecule has 0 aliphatic heterocycles. The van der Waals surface area contributed by atoms with Crippen LogP contribution in [0.5, 0.6) is 0 Å². The second-order valence-corrected chi connectivity index (χ2v) is 13.7. The maximum atomic E-state index is 12.5. The molecule has 0 aliphatic rings. The molecule has 4 N–H and O–H groups in total. The van der Waals surface area contributed by atoms with Crippen molar-refractivity contribution in [3.05, 3.63) is 12.2 Å². The summed E-state index contributed by atoms with van der Waals surface area (Å²) in [6.07, 6.45) is 37.5. The molecule has 0 radical (unpaired) electrons. The first kappa shape index (κ1) is 45.1. The van der Waals surface area contributed by atoms with Crippen molar-refractivity contribution in [1.29, 1.82) is 0 Å². The van der Waals surface area contributed by atoms with Crippen molar-refractivity contribution in [2.45, 2.75) is 219 Å². The topological polar surface area (TPSA) is 119 Å². The van der Waals surface area contributed by atoms with Crippen molar-refractivity contribution < 1.29 is 24.2 Å². The van der Waals surface area contributed by atoms with E-state index in [1.54, 1.807) is 0 Å². The first-order valence-corrected chi connectivity index (χ1v) is 20.0. The Kier molecular flexibility index (Phi) is 34.0. The fourth-order valence-electron chi connectivity index (χ4n) is 6.02. The zero-order valence-electron chi connectivity index (χ0n) is 30.9. The maximum absolute atomic E-state index is 12.5. The Labute approximate surface area is 290 Å². The Hall–Kier alpha value is -1.89. The Balaban J connectivity index is 3.85. The van der Waals surface area contributed by atoms with Crippen LogP contribution < -0.4 is 11.1 Å². The molecular formula is C40H76N2O5. The number of allylic oxidation sites excluding steroid dienone is 1. The van der Waals surface area contributed by atoms with Crippen LogP contribution in [0.25, 0.3) is 0 Å². The number of carboxylic acid groups (broad SMARTS) is 1. The molecule has 0 heterocycles. The molecule has 7 heteroatoms. The van der Waals surface area contributed by atoms with Gasteiger partial charge in [0.05, 0.1) is 0 Å². The zero-order chi connectivity index (χ0) is 34.6. The molecule has 47 heavy (non-hydrogen) atoms. The van der Waals surface area contributed by atoms with E-state index in [1.807, 2.05) is 6.08 Å². The van der Waals surface area contributed by atoms with Gasteiger partial charge in [0.1, 0.15) is 12.1 Å². The number of aliphatic carboxylic acids is 1. The standard InChI is InChI=1S/C40H76N2O5/c1-3-5-7-8-9-10-11-12-13-14-15-16-17-18-19-20-21-22-28-34-39(44)47-36(30-25-6-4-2)31-26-23-24-27-33-38(43)42-37(40(45)46)32-29-35-41/h25,30,36-37H,3-24,26-29,31-35,41H2,1-2H3,(H,42,43)(H,45,46)/b30-25-. The van der Waals surface area contributed by atoms with Crippen molar-refractivity contribution in [2.75, 3.05) is 6.54 Å². The van der Waals surface area contributed by atoms with E-state index in [2.05, 4.69) is 25.2 Å². The van der Waals surface area contributed by atoms with E-state index in [9.17, 15) is 19.5 Å². The average Bonchev–Trinajstić information content (AvgIpc) is 3.05. The van der Waals surface area contributed by atoms with Crippen LogP contribution in [0.2, 0.25) is 0 Å². The van der Waals surface area contributed by atoms with Crippen LogP contribution in [0.1, 0.15) is 206 Å². The van der Waals surface area contributed by atoms with Gasteiger partial charge in [-0.25, -0.2) is 4.79 Å². The lowest BCUT2D eigenvalue weighted by molar-refractivity contribution is -0.147. The number of amides is 1. The molecule has 2 atom stereocenters. The maximum Gasteiger partial charge on any atom is 0.326 e. The first-order chi connectivity index (χ1) is 22.9. The molecule has 0 saturated heterocycles. The highest BCUT2D eigenvalue weighted by Gasteiger charge is 2.19. The minimum absolute atomic E-state index is 0.0950. The zero-order valence-corrected chi connectivity index (χ0v) is 30.9. The summed E-state index contributed by atoms with van der Waals surface area (Å²) in [6.45, 7) is 4.83. The van der Waals surface area contributed by atoms with Crippen molar-refractivity contribution in [3.63, 3.8) is 0 Å². The number of ether oxygens (including phenoxy) is 1. The molecular weight excluding hydrogens is 588 g/mol. The van der Waals surface area contributed by atoms with Crippen LogP contribution in [0.3, 0.4) is 0 Å². The Morgan fingerprint density at radius 3 is 1.55 bits per heavy atom. The van der Waals surface area contributed by atoms with Gasteiger partial charge >= 0.3 is 11.9 Å². The fourth-order valence-corrected chi connectivity index (χ4v) is 6.02. The van der Waals surface area contributed by atoms with Gasteiger partial charge in [-0.15, -0.1) is 0 Å². The van der Waals surface area contributed by atoms with Crippen molar-refractivity contribution in [2.24, 2.45) is 5.73 Å². The minimum Gasteiger partial charge on any atom is -0.480 e. The highest BCUT2D eigenvalue weighted by Crippen LogP contribution is 2.16. The highest BCUT2D eigenvalue weighted by molar-refractivity contribution is 5.83. The summed E-state index contributed by atoms with van der Waals surface area (Å²) in [5.41, 5.74) is 5.46. The van der Waals surface area contributed by atoms with Gasteiger partial charge in [0.2, 0.25) is 5.91 Å². The van der Waals surface area contributed by atoms with Crippen LogP contribution in [0.4, 0.5) is 0 Å². The van der Waals surface area contributed by atoms with Crippen molar-refractivity contribution >= 4 is 17.8 Å². The van der Waals surface area contributed by atoms with E-state index in [4.69, 9.17) is 10.5 Å². The van der Waals surface area contributed by atoms with E-state index in [0.717, 1.165) is 51.4 Å². The lowest BCUT2D eigenvalue weighted by Gasteiger charge is -2.15. The van der Waals surface area contributed by atoms with Gasteiger partial charge in [0.15, 0.2) is 0 Å². The summed E-state index contributed by atoms with van der Waals surface area (Å²) >= 11 is 0. The molecule has 7 nitrogen and oxygen atoms in total.